The van der Waals surface area contributed by atoms with Crippen molar-refractivity contribution in [3.8, 4) is 11.5 Å². The number of amides is 1. The molecule has 9 heteroatoms. The van der Waals surface area contributed by atoms with Crippen molar-refractivity contribution in [1.82, 2.24) is 10.6 Å². The lowest BCUT2D eigenvalue weighted by Crippen LogP contribution is -2.57. The van der Waals surface area contributed by atoms with Crippen LogP contribution >= 0.6 is 0 Å². The summed E-state index contributed by atoms with van der Waals surface area (Å²) in [4.78, 5) is 24.5. The number of carbonyl (C=O) groups is 2. The van der Waals surface area contributed by atoms with Crippen molar-refractivity contribution >= 4 is 12.1 Å². The van der Waals surface area contributed by atoms with E-state index in [2.05, 4.69) is 10.6 Å². The molecule has 2 aromatic carbocycles. The molecule has 186 valence electrons. The van der Waals surface area contributed by atoms with Gasteiger partial charge in [0.05, 0.1) is 20.3 Å². The van der Waals surface area contributed by atoms with Gasteiger partial charge in [0, 0.05) is 18.2 Å². The molecule has 2 rings (SSSR count). The molecule has 0 aliphatic heterocycles. The molecule has 0 saturated carbocycles. The van der Waals surface area contributed by atoms with Gasteiger partial charge in [0.25, 0.3) is 0 Å². The number of nitrogens with one attached hydrogen (secondary N) is 2. The van der Waals surface area contributed by atoms with Gasteiger partial charge < -0.3 is 29.7 Å². The first-order valence-corrected chi connectivity index (χ1v) is 10.9. The summed E-state index contributed by atoms with van der Waals surface area (Å²) in [7, 11) is 3.04. The number of ether oxygens (including phenoxy) is 3. The monoisotopic (exact) mass is 474 g/mol. The Labute approximate surface area is 200 Å². The molecule has 1 amide bonds. The van der Waals surface area contributed by atoms with Gasteiger partial charge in [0.2, 0.25) is 0 Å². The van der Waals surface area contributed by atoms with E-state index in [1.54, 1.807) is 39.0 Å². The highest BCUT2D eigenvalue weighted by Crippen LogP contribution is 2.24. The minimum atomic E-state index is -1.46. The maximum absolute atomic E-state index is 12.4. The number of benzene rings is 2. The van der Waals surface area contributed by atoms with Crippen LogP contribution in [-0.2, 0) is 22.5 Å². The number of hydrogen-bond acceptors (Lipinski definition) is 7. The molecule has 0 aromatic heterocycles. The van der Waals surface area contributed by atoms with Crippen molar-refractivity contribution in [2.45, 2.75) is 57.5 Å². The van der Waals surface area contributed by atoms with Gasteiger partial charge in [-0.3, -0.25) is 10.1 Å². The molecule has 34 heavy (non-hydrogen) atoms. The lowest BCUT2D eigenvalue weighted by atomic mass is 9.96. The van der Waals surface area contributed by atoms with E-state index in [1.165, 1.54) is 14.2 Å². The largest absolute Gasteiger partial charge is 0.497 e. The van der Waals surface area contributed by atoms with Crippen molar-refractivity contribution in [3.63, 3.8) is 0 Å². The average Bonchev–Trinajstić information content (AvgIpc) is 2.77. The second-order valence-corrected chi connectivity index (χ2v) is 8.81. The van der Waals surface area contributed by atoms with Crippen molar-refractivity contribution in [2.75, 3.05) is 14.2 Å². The van der Waals surface area contributed by atoms with Crippen LogP contribution < -0.4 is 20.1 Å². The van der Waals surface area contributed by atoms with E-state index in [9.17, 15) is 19.8 Å². The fourth-order valence-corrected chi connectivity index (χ4v) is 3.39. The number of carboxylic acid groups (broad SMARTS) is 1. The van der Waals surface area contributed by atoms with Gasteiger partial charge in [-0.25, -0.2) is 4.79 Å². The number of carboxylic acids is 1. The maximum atomic E-state index is 12.4. The summed E-state index contributed by atoms with van der Waals surface area (Å²) in [5.74, 6) is -0.151. The predicted molar refractivity (Wildman–Crippen MR) is 127 cm³/mol. The molecule has 2 aromatic rings. The first-order chi connectivity index (χ1) is 16.0. The highest BCUT2D eigenvalue weighted by Gasteiger charge is 2.35. The van der Waals surface area contributed by atoms with Gasteiger partial charge in [-0.15, -0.1) is 0 Å². The van der Waals surface area contributed by atoms with Crippen LogP contribution in [-0.4, -0.2) is 60.3 Å². The third-order valence-electron chi connectivity index (χ3n) is 5.03. The molecule has 9 nitrogen and oxygen atoms in total. The molecule has 0 aliphatic rings. The summed E-state index contributed by atoms with van der Waals surface area (Å²) >= 11 is 0. The molecule has 0 spiro atoms. The van der Waals surface area contributed by atoms with Crippen LogP contribution in [0.1, 0.15) is 31.9 Å². The molecule has 0 radical (unpaired) electrons. The predicted octanol–water partition coefficient (Wildman–Crippen LogP) is 2.74. The van der Waals surface area contributed by atoms with Crippen LogP contribution in [0, 0.1) is 0 Å². The van der Waals surface area contributed by atoms with Gasteiger partial charge >= 0.3 is 12.1 Å². The Kier molecular flexibility index (Phi) is 9.70. The molecule has 0 heterocycles. The minimum absolute atomic E-state index is 0.103. The summed E-state index contributed by atoms with van der Waals surface area (Å²) in [6, 6.07) is 12.0. The van der Waals surface area contributed by atoms with Crippen molar-refractivity contribution in [1.29, 1.82) is 0 Å². The minimum Gasteiger partial charge on any atom is -0.497 e. The normalized spacial score (nSPS) is 13.9. The van der Waals surface area contributed by atoms with Crippen LogP contribution in [0.2, 0.25) is 0 Å². The molecular formula is C25H34N2O7. The Hall–Kier alpha value is -3.30. The lowest BCUT2D eigenvalue weighted by Gasteiger charge is -2.30. The smallest absolute Gasteiger partial charge is 0.407 e. The summed E-state index contributed by atoms with van der Waals surface area (Å²) in [6.45, 7) is 5.27. The standard InChI is InChI=1S/C25H34N2O7/c1-25(2,3)34-24(31)27-19(13-16-9-7-6-8-10-16)22(28)21(23(29)30)26-15-17-11-12-18(32-4)14-20(17)33-5/h6-12,14,19,21-22,26,28H,13,15H2,1-5H3,(H,27,31)(H,29,30). The Morgan fingerprint density at radius 1 is 1.03 bits per heavy atom. The van der Waals surface area contributed by atoms with E-state index in [1.807, 2.05) is 30.3 Å². The molecule has 3 atom stereocenters. The zero-order chi connectivity index (χ0) is 25.3. The third kappa shape index (κ3) is 8.24. The fraction of sp³-hybridized carbons (Fsp3) is 0.440. The summed E-state index contributed by atoms with van der Waals surface area (Å²) in [5, 5.41) is 26.4. The van der Waals surface area contributed by atoms with Gasteiger partial charge in [-0.1, -0.05) is 36.4 Å². The molecular weight excluding hydrogens is 440 g/mol. The quantitative estimate of drug-likeness (QED) is 0.392. The van der Waals surface area contributed by atoms with Crippen LogP contribution in [0.15, 0.2) is 48.5 Å². The Morgan fingerprint density at radius 3 is 2.26 bits per heavy atom. The van der Waals surface area contributed by atoms with E-state index in [0.717, 1.165) is 5.56 Å². The highest BCUT2D eigenvalue weighted by molar-refractivity contribution is 5.75. The number of alkyl carbamates (subject to hydrolysis) is 1. The highest BCUT2D eigenvalue weighted by atomic mass is 16.6. The van der Waals surface area contributed by atoms with Crippen molar-refractivity contribution in [2.24, 2.45) is 0 Å². The molecule has 4 N–H and O–H groups in total. The van der Waals surface area contributed by atoms with E-state index >= 15 is 0 Å². The number of rotatable bonds is 11. The number of hydrogen-bond donors (Lipinski definition) is 4. The van der Waals surface area contributed by atoms with Crippen molar-refractivity contribution in [3.05, 3.63) is 59.7 Å². The number of aliphatic carboxylic acids is 1. The number of methoxy groups -OCH3 is 2. The second kappa shape index (κ2) is 12.2. The first-order valence-electron chi connectivity index (χ1n) is 10.9. The van der Waals surface area contributed by atoms with Crippen LogP contribution in [0.3, 0.4) is 0 Å². The van der Waals surface area contributed by atoms with Crippen LogP contribution in [0.4, 0.5) is 4.79 Å². The molecule has 0 saturated heterocycles. The summed E-state index contributed by atoms with van der Waals surface area (Å²) in [5.41, 5.74) is 0.756. The van der Waals surface area contributed by atoms with E-state index in [-0.39, 0.29) is 13.0 Å². The number of carbonyl (C=O) groups excluding carboxylic acids is 1. The average molecular weight is 475 g/mol. The van der Waals surface area contributed by atoms with Gasteiger partial charge in [-0.2, -0.15) is 0 Å². The molecule has 0 aliphatic carbocycles. The number of aliphatic hydroxyl groups is 1. The SMILES string of the molecule is COc1ccc(CNC(C(=O)O)C(O)C(Cc2ccccc2)NC(=O)OC(C)(C)C)c(OC)c1. The first kappa shape index (κ1) is 26.9. The lowest BCUT2D eigenvalue weighted by molar-refractivity contribution is -0.143. The van der Waals surface area contributed by atoms with Crippen LogP contribution in [0.25, 0.3) is 0 Å². The Balaban J connectivity index is 2.23. The Morgan fingerprint density at radius 2 is 1.71 bits per heavy atom. The summed E-state index contributed by atoms with van der Waals surface area (Å²) in [6.07, 6.45) is -2.00. The Bertz CT molecular complexity index is 944. The van der Waals surface area contributed by atoms with E-state index in [0.29, 0.717) is 17.1 Å². The van der Waals surface area contributed by atoms with Gasteiger partial charge in [-0.05, 0) is 38.8 Å². The van der Waals surface area contributed by atoms with Crippen LogP contribution in [0.5, 0.6) is 11.5 Å². The fourth-order valence-electron chi connectivity index (χ4n) is 3.39. The third-order valence-corrected chi connectivity index (χ3v) is 5.03. The molecule has 0 fully saturated rings. The topological polar surface area (TPSA) is 126 Å². The van der Waals surface area contributed by atoms with Gasteiger partial charge in [0.15, 0.2) is 0 Å². The maximum Gasteiger partial charge on any atom is 0.407 e. The molecule has 0 bridgehead atoms. The summed E-state index contributed by atoms with van der Waals surface area (Å²) < 4.78 is 15.9. The number of aliphatic hydroxyl groups excluding tert-OH is 1. The van der Waals surface area contributed by atoms with E-state index in [4.69, 9.17) is 14.2 Å². The van der Waals surface area contributed by atoms with E-state index < -0.39 is 35.9 Å². The second-order valence-electron chi connectivity index (χ2n) is 8.81. The zero-order valence-corrected chi connectivity index (χ0v) is 20.2. The van der Waals surface area contributed by atoms with Gasteiger partial charge in [0.1, 0.15) is 29.2 Å². The zero-order valence-electron chi connectivity index (χ0n) is 20.2. The molecule has 3 unspecified atom stereocenters. The van der Waals surface area contributed by atoms with Crippen molar-refractivity contribution < 1.29 is 34.0 Å².